The fourth-order valence-electron chi connectivity index (χ4n) is 2.25. The molecule has 2 rings (SSSR count). The molecule has 1 aliphatic rings. The Morgan fingerprint density at radius 3 is 2.15 bits per heavy atom. The molecule has 1 aliphatic carbocycles. The molecular formula is C12H16O. The molecule has 1 aromatic carbocycles. The van der Waals surface area contributed by atoms with Crippen LogP contribution in [0.3, 0.4) is 0 Å². The SMILES string of the molecule is Cc1cccc(C)c1C1(O)CC1C. The van der Waals surface area contributed by atoms with Crippen molar-refractivity contribution < 1.29 is 5.11 Å². The summed E-state index contributed by atoms with van der Waals surface area (Å²) in [5.74, 6) is 0.423. The third kappa shape index (κ3) is 1.19. The van der Waals surface area contributed by atoms with Crippen LogP contribution in [0.4, 0.5) is 0 Å². The van der Waals surface area contributed by atoms with Crippen molar-refractivity contribution in [1.82, 2.24) is 0 Å². The van der Waals surface area contributed by atoms with E-state index in [1.54, 1.807) is 0 Å². The molecule has 1 saturated carbocycles. The van der Waals surface area contributed by atoms with Gasteiger partial charge < -0.3 is 5.11 Å². The van der Waals surface area contributed by atoms with Crippen molar-refractivity contribution in [3.8, 4) is 0 Å². The quantitative estimate of drug-likeness (QED) is 0.697. The van der Waals surface area contributed by atoms with Crippen LogP contribution in [0.1, 0.15) is 30.0 Å². The lowest BCUT2D eigenvalue weighted by molar-refractivity contribution is 0.133. The molecule has 0 radical (unpaired) electrons. The monoisotopic (exact) mass is 176 g/mol. The predicted octanol–water partition coefficient (Wildman–Crippen LogP) is 2.53. The molecule has 0 aromatic heterocycles. The Morgan fingerprint density at radius 1 is 1.31 bits per heavy atom. The fourth-order valence-corrected chi connectivity index (χ4v) is 2.25. The van der Waals surface area contributed by atoms with Gasteiger partial charge in [-0.2, -0.15) is 0 Å². The van der Waals surface area contributed by atoms with E-state index in [9.17, 15) is 5.11 Å². The third-order valence-corrected chi connectivity index (χ3v) is 3.19. The first-order valence-corrected chi connectivity index (χ1v) is 4.85. The lowest BCUT2D eigenvalue weighted by atomic mass is 9.95. The average molecular weight is 176 g/mol. The van der Waals surface area contributed by atoms with Crippen molar-refractivity contribution in [1.29, 1.82) is 0 Å². The van der Waals surface area contributed by atoms with Crippen LogP contribution < -0.4 is 0 Å². The van der Waals surface area contributed by atoms with Crippen molar-refractivity contribution in [2.75, 3.05) is 0 Å². The summed E-state index contributed by atoms with van der Waals surface area (Å²) >= 11 is 0. The van der Waals surface area contributed by atoms with Crippen LogP contribution in [-0.4, -0.2) is 5.11 Å². The molecule has 1 heteroatoms. The Labute approximate surface area is 79.4 Å². The molecule has 2 unspecified atom stereocenters. The summed E-state index contributed by atoms with van der Waals surface area (Å²) in [5.41, 5.74) is 3.07. The second kappa shape index (κ2) is 2.58. The molecule has 0 bridgehead atoms. The van der Waals surface area contributed by atoms with E-state index in [0.717, 1.165) is 12.0 Å². The fraction of sp³-hybridized carbons (Fsp3) is 0.500. The Morgan fingerprint density at radius 2 is 1.77 bits per heavy atom. The van der Waals surface area contributed by atoms with Crippen molar-refractivity contribution in [2.24, 2.45) is 5.92 Å². The Bertz CT molecular complexity index is 323. The summed E-state index contributed by atoms with van der Waals surface area (Å²) in [6, 6.07) is 6.20. The van der Waals surface area contributed by atoms with Gasteiger partial charge in [0.2, 0.25) is 0 Å². The normalized spacial score (nSPS) is 31.8. The first kappa shape index (κ1) is 8.76. The van der Waals surface area contributed by atoms with E-state index in [1.165, 1.54) is 11.1 Å². The highest BCUT2D eigenvalue weighted by atomic mass is 16.3. The molecule has 0 spiro atoms. The van der Waals surface area contributed by atoms with Crippen molar-refractivity contribution >= 4 is 0 Å². The minimum Gasteiger partial charge on any atom is -0.385 e. The third-order valence-electron chi connectivity index (χ3n) is 3.19. The molecule has 1 fully saturated rings. The molecule has 70 valence electrons. The van der Waals surface area contributed by atoms with Gasteiger partial charge in [-0.25, -0.2) is 0 Å². The van der Waals surface area contributed by atoms with Gasteiger partial charge in [0.25, 0.3) is 0 Å². The molecule has 0 amide bonds. The van der Waals surface area contributed by atoms with Gasteiger partial charge in [0.15, 0.2) is 0 Å². The van der Waals surface area contributed by atoms with E-state index >= 15 is 0 Å². The first-order valence-electron chi connectivity index (χ1n) is 4.85. The highest BCUT2D eigenvalue weighted by Crippen LogP contribution is 2.53. The molecule has 2 atom stereocenters. The standard InChI is InChI=1S/C12H16O/c1-8-5-4-6-9(2)11(8)12(13)7-10(12)3/h4-6,10,13H,7H2,1-3H3. The van der Waals surface area contributed by atoms with E-state index in [4.69, 9.17) is 0 Å². The van der Waals surface area contributed by atoms with Crippen LogP contribution >= 0.6 is 0 Å². The molecule has 1 nitrogen and oxygen atoms in total. The summed E-state index contributed by atoms with van der Waals surface area (Å²) in [5, 5.41) is 10.2. The maximum Gasteiger partial charge on any atom is 0.0931 e. The van der Waals surface area contributed by atoms with Crippen LogP contribution in [0, 0.1) is 19.8 Å². The van der Waals surface area contributed by atoms with Gasteiger partial charge in [-0.1, -0.05) is 25.1 Å². The molecule has 13 heavy (non-hydrogen) atoms. The molecule has 1 N–H and O–H groups in total. The van der Waals surface area contributed by atoms with Crippen molar-refractivity contribution in [3.05, 3.63) is 34.9 Å². The number of rotatable bonds is 1. The number of hydrogen-bond donors (Lipinski definition) is 1. The van der Waals surface area contributed by atoms with Crippen LogP contribution in [0.2, 0.25) is 0 Å². The zero-order valence-electron chi connectivity index (χ0n) is 8.46. The van der Waals surface area contributed by atoms with E-state index in [1.807, 2.05) is 6.07 Å². The second-order valence-electron chi connectivity index (χ2n) is 4.30. The van der Waals surface area contributed by atoms with Gasteiger partial charge in [-0.15, -0.1) is 0 Å². The summed E-state index contributed by atoms with van der Waals surface area (Å²) < 4.78 is 0. The minimum absolute atomic E-state index is 0.423. The van der Waals surface area contributed by atoms with Gasteiger partial charge in [-0.3, -0.25) is 0 Å². The number of aryl methyl sites for hydroxylation is 2. The highest BCUT2D eigenvalue weighted by molar-refractivity contribution is 5.42. The lowest BCUT2D eigenvalue weighted by Crippen LogP contribution is -2.11. The van der Waals surface area contributed by atoms with Crippen LogP contribution in [-0.2, 0) is 5.60 Å². The summed E-state index contributed by atoms with van der Waals surface area (Å²) in [7, 11) is 0. The van der Waals surface area contributed by atoms with E-state index < -0.39 is 5.60 Å². The molecule has 1 aromatic rings. The second-order valence-corrected chi connectivity index (χ2v) is 4.30. The zero-order chi connectivity index (χ0) is 9.64. The average Bonchev–Trinajstić information content (AvgIpc) is 2.59. The largest absolute Gasteiger partial charge is 0.385 e. The van der Waals surface area contributed by atoms with E-state index in [0.29, 0.717) is 5.92 Å². The lowest BCUT2D eigenvalue weighted by Gasteiger charge is -2.15. The zero-order valence-corrected chi connectivity index (χ0v) is 8.46. The minimum atomic E-state index is -0.518. The van der Waals surface area contributed by atoms with Gasteiger partial charge in [0.1, 0.15) is 0 Å². The summed E-state index contributed by atoms with van der Waals surface area (Å²) in [6.07, 6.45) is 0.915. The number of hydrogen-bond acceptors (Lipinski definition) is 1. The van der Waals surface area contributed by atoms with Gasteiger partial charge in [0, 0.05) is 0 Å². The van der Waals surface area contributed by atoms with E-state index in [2.05, 4.69) is 32.9 Å². The van der Waals surface area contributed by atoms with Crippen LogP contribution in [0.15, 0.2) is 18.2 Å². The van der Waals surface area contributed by atoms with Crippen molar-refractivity contribution in [3.63, 3.8) is 0 Å². The molecular weight excluding hydrogens is 160 g/mol. The van der Waals surface area contributed by atoms with Gasteiger partial charge in [0.05, 0.1) is 5.60 Å². The smallest absolute Gasteiger partial charge is 0.0931 e. The van der Waals surface area contributed by atoms with Crippen LogP contribution in [0.25, 0.3) is 0 Å². The summed E-state index contributed by atoms with van der Waals surface area (Å²) in [4.78, 5) is 0. The Balaban J connectivity index is 2.52. The maximum atomic E-state index is 10.2. The maximum absolute atomic E-state index is 10.2. The van der Waals surface area contributed by atoms with Crippen LogP contribution in [0.5, 0.6) is 0 Å². The molecule has 0 aliphatic heterocycles. The Kier molecular flexibility index (Phi) is 1.74. The topological polar surface area (TPSA) is 20.2 Å². The Hall–Kier alpha value is -0.820. The summed E-state index contributed by atoms with van der Waals surface area (Å²) in [6.45, 7) is 6.25. The number of aliphatic hydroxyl groups is 1. The number of benzene rings is 1. The highest BCUT2D eigenvalue weighted by Gasteiger charge is 2.52. The predicted molar refractivity (Wildman–Crippen MR) is 53.6 cm³/mol. The molecule has 0 saturated heterocycles. The van der Waals surface area contributed by atoms with E-state index in [-0.39, 0.29) is 0 Å². The first-order chi connectivity index (χ1) is 6.05. The van der Waals surface area contributed by atoms with Gasteiger partial charge in [-0.05, 0) is 42.9 Å². The van der Waals surface area contributed by atoms with Crippen molar-refractivity contribution in [2.45, 2.75) is 32.8 Å². The van der Waals surface area contributed by atoms with Gasteiger partial charge >= 0.3 is 0 Å². The molecule has 0 heterocycles.